The Morgan fingerprint density at radius 2 is 2.21 bits per heavy atom. The second kappa shape index (κ2) is 4.13. The maximum absolute atomic E-state index is 13.9. The molecule has 5 nitrogen and oxygen atoms in total. The van der Waals surface area contributed by atoms with Crippen LogP contribution in [0.1, 0.15) is 5.82 Å². The number of halogens is 1. The van der Waals surface area contributed by atoms with E-state index < -0.39 is 5.82 Å². The van der Waals surface area contributed by atoms with Gasteiger partial charge in [-0.1, -0.05) is 0 Å². The molecule has 3 rings (SSSR count). The molecule has 0 bridgehead atoms. The summed E-state index contributed by atoms with van der Waals surface area (Å²) >= 11 is 1.16. The smallest absolute Gasteiger partial charge is 0.277 e. The molecule has 7 heteroatoms. The molecule has 0 atom stereocenters. The molecule has 0 aliphatic heterocycles. The third-order valence-corrected chi connectivity index (χ3v) is 3.51. The van der Waals surface area contributed by atoms with Gasteiger partial charge in [0.15, 0.2) is 11.5 Å². The minimum absolute atomic E-state index is 0.0584. The van der Waals surface area contributed by atoms with E-state index in [0.717, 1.165) is 17.4 Å². The van der Waals surface area contributed by atoms with Gasteiger partial charge in [0.2, 0.25) is 0 Å². The van der Waals surface area contributed by atoms with Crippen LogP contribution in [0.3, 0.4) is 0 Å². The summed E-state index contributed by atoms with van der Waals surface area (Å²) in [6.45, 7) is 1.60. The van der Waals surface area contributed by atoms with Gasteiger partial charge in [0.1, 0.15) is 16.3 Å². The molecule has 1 N–H and O–H groups in total. The lowest BCUT2D eigenvalue weighted by molar-refractivity contribution is 0.468. The van der Waals surface area contributed by atoms with Crippen molar-refractivity contribution in [1.29, 1.82) is 0 Å². The summed E-state index contributed by atoms with van der Waals surface area (Å²) < 4.78 is 15.4. The van der Waals surface area contributed by atoms with Crippen LogP contribution in [-0.4, -0.2) is 19.6 Å². The quantitative estimate of drug-likeness (QED) is 0.738. The first-order valence-electron chi connectivity index (χ1n) is 5.39. The summed E-state index contributed by atoms with van der Waals surface area (Å²) in [5.41, 5.74) is 1.58. The average Bonchev–Trinajstić information content (AvgIpc) is 2.80. The van der Waals surface area contributed by atoms with Crippen LogP contribution >= 0.6 is 11.3 Å². The van der Waals surface area contributed by atoms with Crippen molar-refractivity contribution in [3.8, 4) is 11.4 Å². The molecular weight excluding hydrogens is 269 g/mol. The lowest BCUT2D eigenvalue weighted by Crippen LogP contribution is -2.22. The highest BCUT2D eigenvalue weighted by Crippen LogP contribution is 2.20. The zero-order valence-electron chi connectivity index (χ0n) is 9.79. The van der Waals surface area contributed by atoms with E-state index in [0.29, 0.717) is 16.2 Å². The van der Waals surface area contributed by atoms with Crippen molar-refractivity contribution in [1.82, 2.24) is 14.5 Å². The number of phenolic OH excluding ortho intramolecular Hbond substituents is 1. The number of phenols is 1. The lowest BCUT2D eigenvalue weighted by Gasteiger charge is -2.10. The second-order valence-electron chi connectivity index (χ2n) is 3.94. The van der Waals surface area contributed by atoms with Crippen LogP contribution in [-0.2, 0) is 0 Å². The lowest BCUT2D eigenvalue weighted by atomic mass is 10.2. The Labute approximate surface area is 110 Å². The molecule has 3 aromatic rings. The van der Waals surface area contributed by atoms with Crippen molar-refractivity contribution >= 4 is 21.7 Å². The third-order valence-electron chi connectivity index (χ3n) is 2.71. The summed E-state index contributed by atoms with van der Waals surface area (Å²) in [5.74, 6) is -0.539. The highest BCUT2D eigenvalue weighted by Gasteiger charge is 2.14. The molecule has 0 spiro atoms. The minimum atomic E-state index is -0.684. The number of thiazole rings is 1. The van der Waals surface area contributed by atoms with Gasteiger partial charge in [0.05, 0.1) is 11.2 Å². The predicted octanol–water partition coefficient (Wildman–Crippen LogP) is 2.00. The largest absolute Gasteiger partial charge is 0.508 e. The first-order valence-corrected chi connectivity index (χ1v) is 6.27. The van der Waals surface area contributed by atoms with Crippen molar-refractivity contribution < 1.29 is 9.50 Å². The summed E-state index contributed by atoms with van der Waals surface area (Å²) in [6.07, 6.45) is 0. The van der Waals surface area contributed by atoms with Gasteiger partial charge in [-0.15, -0.1) is 11.3 Å². The average molecular weight is 277 g/mol. The number of fused-ring (bicyclic) bond motifs is 1. The van der Waals surface area contributed by atoms with Gasteiger partial charge >= 0.3 is 0 Å². The zero-order chi connectivity index (χ0) is 13.6. The van der Waals surface area contributed by atoms with Gasteiger partial charge in [-0.25, -0.2) is 14.4 Å². The Balaban J connectivity index is 2.39. The van der Waals surface area contributed by atoms with Gasteiger partial charge in [-0.3, -0.25) is 9.36 Å². The Morgan fingerprint density at radius 1 is 1.42 bits per heavy atom. The molecule has 2 aromatic heterocycles. The highest BCUT2D eigenvalue weighted by molar-refractivity contribution is 7.16. The predicted molar refractivity (Wildman–Crippen MR) is 69.4 cm³/mol. The van der Waals surface area contributed by atoms with Crippen LogP contribution in [0.25, 0.3) is 16.0 Å². The molecule has 2 heterocycles. The summed E-state index contributed by atoms with van der Waals surface area (Å²) in [6, 6.07) is 3.62. The van der Waals surface area contributed by atoms with Crippen molar-refractivity contribution in [2.75, 3.05) is 0 Å². The van der Waals surface area contributed by atoms with Gasteiger partial charge in [0, 0.05) is 6.07 Å². The third kappa shape index (κ3) is 1.78. The van der Waals surface area contributed by atoms with Crippen LogP contribution in [0.15, 0.2) is 28.5 Å². The number of aromatic nitrogens is 3. The molecule has 1 aromatic carbocycles. The van der Waals surface area contributed by atoms with E-state index in [-0.39, 0.29) is 17.0 Å². The molecule has 0 fully saturated rings. The van der Waals surface area contributed by atoms with Crippen molar-refractivity contribution in [3.63, 3.8) is 0 Å². The van der Waals surface area contributed by atoms with Crippen LogP contribution < -0.4 is 5.56 Å². The number of rotatable bonds is 1. The van der Waals surface area contributed by atoms with Crippen LogP contribution in [0.4, 0.5) is 4.39 Å². The zero-order valence-corrected chi connectivity index (χ0v) is 10.6. The topological polar surface area (TPSA) is 68.0 Å². The minimum Gasteiger partial charge on any atom is -0.508 e. The Kier molecular flexibility index (Phi) is 2.56. The van der Waals surface area contributed by atoms with Gasteiger partial charge in [-0.05, 0) is 19.1 Å². The van der Waals surface area contributed by atoms with Crippen LogP contribution in [0.5, 0.6) is 5.75 Å². The molecule has 19 heavy (non-hydrogen) atoms. The van der Waals surface area contributed by atoms with Crippen molar-refractivity contribution in [2.24, 2.45) is 0 Å². The summed E-state index contributed by atoms with van der Waals surface area (Å²) in [4.78, 5) is 20.5. The number of aryl methyl sites for hydroxylation is 1. The van der Waals surface area contributed by atoms with Crippen LogP contribution in [0, 0.1) is 12.7 Å². The molecule has 0 unspecified atom stereocenters. The van der Waals surface area contributed by atoms with E-state index in [1.807, 2.05) is 0 Å². The fraction of sp³-hybridized carbons (Fsp3) is 0.0833. The maximum atomic E-state index is 13.9. The maximum Gasteiger partial charge on any atom is 0.277 e. The standard InChI is InChI=1S/C12H8FN3O2S/c1-6-15-11-10(19-5-14-11)12(18)16(6)9-3-2-7(17)4-8(9)13/h2-5,17H,1H3. The molecule has 0 saturated carbocycles. The number of benzene rings is 1. The summed E-state index contributed by atoms with van der Waals surface area (Å²) in [7, 11) is 0. The Morgan fingerprint density at radius 3 is 2.95 bits per heavy atom. The first kappa shape index (κ1) is 11.8. The van der Waals surface area contributed by atoms with Gasteiger partial charge in [-0.2, -0.15) is 0 Å². The summed E-state index contributed by atoms with van der Waals surface area (Å²) in [5, 5.41) is 9.21. The first-order chi connectivity index (χ1) is 9.08. The number of nitrogens with zero attached hydrogens (tertiary/aromatic N) is 3. The Hall–Kier alpha value is -2.28. The van der Waals surface area contributed by atoms with E-state index in [1.165, 1.54) is 22.2 Å². The number of hydrogen-bond donors (Lipinski definition) is 1. The van der Waals surface area contributed by atoms with E-state index in [2.05, 4.69) is 9.97 Å². The van der Waals surface area contributed by atoms with E-state index >= 15 is 0 Å². The molecule has 0 radical (unpaired) electrons. The molecule has 0 aliphatic rings. The monoisotopic (exact) mass is 277 g/mol. The van der Waals surface area contributed by atoms with E-state index in [9.17, 15) is 14.3 Å². The van der Waals surface area contributed by atoms with Gasteiger partial charge in [0.25, 0.3) is 5.56 Å². The van der Waals surface area contributed by atoms with E-state index in [1.54, 1.807) is 6.92 Å². The second-order valence-corrected chi connectivity index (χ2v) is 4.80. The SMILES string of the molecule is Cc1nc2ncsc2c(=O)n1-c1ccc(O)cc1F. The fourth-order valence-corrected chi connectivity index (χ4v) is 2.53. The molecular formula is C12H8FN3O2S. The number of aromatic hydroxyl groups is 1. The van der Waals surface area contributed by atoms with Gasteiger partial charge < -0.3 is 5.11 Å². The fourth-order valence-electron chi connectivity index (χ4n) is 1.88. The van der Waals surface area contributed by atoms with Crippen molar-refractivity contribution in [3.05, 3.63) is 45.7 Å². The molecule has 0 amide bonds. The molecule has 96 valence electrons. The normalized spacial score (nSPS) is 11.1. The van der Waals surface area contributed by atoms with Crippen LogP contribution in [0.2, 0.25) is 0 Å². The van der Waals surface area contributed by atoms with Crippen molar-refractivity contribution in [2.45, 2.75) is 6.92 Å². The molecule has 0 saturated heterocycles. The Bertz CT molecular complexity index is 841. The molecule has 0 aliphatic carbocycles. The van der Waals surface area contributed by atoms with E-state index in [4.69, 9.17) is 0 Å². The number of hydrogen-bond acceptors (Lipinski definition) is 5. The highest BCUT2D eigenvalue weighted by atomic mass is 32.1.